The van der Waals surface area contributed by atoms with Gasteiger partial charge in [-0.15, -0.1) is 0 Å². The Hall–Kier alpha value is -7.34. The molecule has 0 aromatic rings. The predicted octanol–water partition coefficient (Wildman–Crippen LogP) is -1.19. The number of hydrogen-bond donors (Lipinski definition) is 12. The summed E-state index contributed by atoms with van der Waals surface area (Å²) >= 11 is 0. The van der Waals surface area contributed by atoms with E-state index in [1.807, 2.05) is 20.8 Å². The van der Waals surface area contributed by atoms with Gasteiger partial charge in [-0.2, -0.15) is 13.2 Å². The van der Waals surface area contributed by atoms with Crippen LogP contribution in [-0.2, 0) is 57.5 Å². The summed E-state index contributed by atoms with van der Waals surface area (Å²) in [5.74, 6) is -12.4. The van der Waals surface area contributed by atoms with Gasteiger partial charge in [0.1, 0.15) is 42.3 Å². The third-order valence-corrected chi connectivity index (χ3v) is 13.5. The normalized spacial score (nSPS) is 16.3. The molecule has 83 heavy (non-hydrogen) atoms. The van der Waals surface area contributed by atoms with Gasteiger partial charge in [0.05, 0.1) is 25.6 Å². The van der Waals surface area contributed by atoms with E-state index in [9.17, 15) is 71.0 Å². The van der Waals surface area contributed by atoms with Gasteiger partial charge in [0.2, 0.25) is 59.1 Å². The van der Waals surface area contributed by atoms with Crippen molar-refractivity contribution in [2.75, 3.05) is 40.3 Å². The van der Waals surface area contributed by atoms with Gasteiger partial charge in [-0.05, 0) is 70.6 Å². The first-order valence-corrected chi connectivity index (χ1v) is 27.6. The summed E-state index contributed by atoms with van der Waals surface area (Å²) in [4.78, 5) is 163. The Morgan fingerprint density at radius 3 is 1.69 bits per heavy atom. The van der Waals surface area contributed by atoms with E-state index < -0.39 is 157 Å². The molecule has 0 radical (unpaired) electrons. The minimum Gasteiger partial charge on any atom is -0.481 e. The van der Waals surface area contributed by atoms with Crippen LogP contribution in [0.25, 0.3) is 0 Å². The minimum atomic E-state index is -5.08. The van der Waals surface area contributed by atoms with Gasteiger partial charge in [0, 0.05) is 39.6 Å². The highest BCUT2D eigenvalue weighted by Crippen LogP contribution is 2.22. The molecule has 1 rings (SSSR count). The average molecular weight is 1190 g/mol. The number of nitrogens with two attached hydrogens (primary N) is 2. The van der Waals surface area contributed by atoms with Crippen molar-refractivity contribution in [1.82, 2.24) is 51.9 Å². The second-order valence-corrected chi connectivity index (χ2v) is 21.1. The van der Waals surface area contributed by atoms with Crippen LogP contribution in [0.3, 0.4) is 0 Å². The van der Waals surface area contributed by atoms with Gasteiger partial charge in [0.15, 0.2) is 5.96 Å². The molecule has 0 spiro atoms. The Balaban J connectivity index is 0.00000897. The topological polar surface area (TPSA) is 424 Å². The molecule has 1 aliphatic rings. The first-order chi connectivity index (χ1) is 38.5. The van der Waals surface area contributed by atoms with Gasteiger partial charge < -0.3 is 78.7 Å². The molecular formula is C52H90F3N13O15. The number of likely N-dealkylation sites (tertiary alicyclic amines) is 1. The first-order valence-electron chi connectivity index (χ1n) is 27.6. The lowest BCUT2D eigenvalue weighted by Crippen LogP contribution is -2.63. The number of carbonyl (C=O) groups is 12. The Bertz CT molecular complexity index is 2250. The van der Waals surface area contributed by atoms with E-state index in [2.05, 4.69) is 42.2 Å². The quantitative estimate of drug-likeness (QED) is 0.0209. The molecule has 1 fully saturated rings. The molecule has 1 heterocycles. The average Bonchev–Trinajstić information content (AvgIpc) is 3.98. The standard InChI is InChI=1S/C50H89N13O13.C2HF3O2/c1-13-18-33(43(70)58-40(29(8)14-2)46(73)56-32(19-16-23-53-50(51)52)48(75)63-24-17-20-34(63)44(71)55-28(6)7)62(12)49(76)42(31(10)64)60-47(74)41(30(9)15-3)59-45(72)39(27(4)5)57-35(65)25-54-36(66)26-61(11)37(67)21-22-38(68)69;3-2(4,5)1(6)7/h27-34,39-42,64H,13-26H2,1-12H3,(H,54,66)(H,55,71)(H,56,73)(H,57,65)(H,58,70)(H,59,72)(H,60,74)(H,68,69)(H4,51,52,53);(H,6,7)/t29-,30-,31+,32-,33-,34-,39-,40-,41+,42-;/m0./s1. The van der Waals surface area contributed by atoms with Gasteiger partial charge in [-0.3, -0.25) is 57.7 Å². The largest absolute Gasteiger partial charge is 0.490 e. The molecule has 0 aromatic carbocycles. The van der Waals surface area contributed by atoms with Crippen molar-refractivity contribution < 1.29 is 86.0 Å². The number of aliphatic carboxylic acids is 2. The number of hydrogen-bond acceptors (Lipinski definition) is 14. The highest BCUT2D eigenvalue weighted by Gasteiger charge is 2.42. The molecule has 0 saturated carbocycles. The second-order valence-electron chi connectivity index (χ2n) is 21.1. The number of aliphatic hydroxyl groups is 1. The number of aliphatic hydroxyl groups excluding tert-OH is 1. The van der Waals surface area contributed by atoms with Crippen LogP contribution in [0.1, 0.15) is 133 Å². The Morgan fingerprint density at radius 2 is 1.22 bits per heavy atom. The zero-order valence-corrected chi connectivity index (χ0v) is 49.6. The smallest absolute Gasteiger partial charge is 0.481 e. The van der Waals surface area contributed by atoms with Crippen molar-refractivity contribution in [3.05, 3.63) is 0 Å². The van der Waals surface area contributed by atoms with Crippen LogP contribution in [0, 0.1) is 17.8 Å². The van der Waals surface area contributed by atoms with Crippen molar-refractivity contribution in [1.29, 1.82) is 0 Å². The summed E-state index contributed by atoms with van der Waals surface area (Å²) in [6.45, 7) is 16.3. The number of halogens is 3. The minimum absolute atomic E-state index is 0.0902. The van der Waals surface area contributed by atoms with E-state index in [0.29, 0.717) is 32.1 Å². The number of rotatable bonds is 33. The number of nitrogens with zero attached hydrogens (tertiary/aromatic N) is 4. The molecule has 1 saturated heterocycles. The van der Waals surface area contributed by atoms with Crippen LogP contribution in [0.4, 0.5) is 13.2 Å². The van der Waals surface area contributed by atoms with Crippen molar-refractivity contribution in [2.24, 2.45) is 34.2 Å². The maximum Gasteiger partial charge on any atom is 0.490 e. The molecule has 0 aromatic heterocycles. The molecule has 28 nitrogen and oxygen atoms in total. The number of carboxylic acids is 2. The maximum absolute atomic E-state index is 14.4. The summed E-state index contributed by atoms with van der Waals surface area (Å²) in [5.41, 5.74) is 11.0. The van der Waals surface area contributed by atoms with E-state index in [0.717, 1.165) is 9.80 Å². The fourth-order valence-electron chi connectivity index (χ4n) is 8.28. The van der Waals surface area contributed by atoms with Crippen molar-refractivity contribution >= 4 is 77.0 Å². The van der Waals surface area contributed by atoms with Crippen molar-refractivity contribution in [2.45, 2.75) is 194 Å². The lowest BCUT2D eigenvalue weighted by Gasteiger charge is -2.35. The third-order valence-electron chi connectivity index (χ3n) is 13.5. The molecule has 10 amide bonds. The SMILES string of the molecule is CCC[C@@H](C(=O)N[C@H](C(=O)N[C@@H](CCCN=C(N)N)C(=O)N1CCC[C@H]1C(=O)NC(C)C)[C@@H](C)CC)N(C)C(=O)[C@@H](NC(=O)[C@H](NC(=O)[C@@H](NC(=O)CNC(=O)CN(C)C(=O)CCC(=O)O)C(C)C)[C@@H](C)CC)[C@@H](C)O.O=C(O)C(F)(F)F. The summed E-state index contributed by atoms with van der Waals surface area (Å²) in [5, 5.41) is 45.5. The van der Waals surface area contributed by atoms with Crippen LogP contribution in [0.5, 0.6) is 0 Å². The molecular weight excluding hydrogens is 1100 g/mol. The summed E-state index contributed by atoms with van der Waals surface area (Å²) in [7, 11) is 2.62. The fourth-order valence-corrected chi connectivity index (χ4v) is 8.28. The number of guanidine groups is 1. The number of alkyl halides is 3. The number of carbonyl (C=O) groups excluding carboxylic acids is 10. The predicted molar refractivity (Wildman–Crippen MR) is 296 cm³/mol. The van der Waals surface area contributed by atoms with Gasteiger partial charge in [0.25, 0.3) is 0 Å². The summed E-state index contributed by atoms with van der Waals surface area (Å²) in [6.07, 6.45) is -4.72. The molecule has 0 unspecified atom stereocenters. The van der Waals surface area contributed by atoms with Gasteiger partial charge in [-0.25, -0.2) is 4.79 Å². The molecule has 10 atom stereocenters. The van der Waals surface area contributed by atoms with E-state index in [1.165, 1.54) is 25.9 Å². The Labute approximate surface area is 482 Å². The van der Waals surface area contributed by atoms with Gasteiger partial charge in [-0.1, -0.05) is 67.7 Å². The van der Waals surface area contributed by atoms with Crippen molar-refractivity contribution in [3.63, 3.8) is 0 Å². The molecule has 0 bridgehead atoms. The Morgan fingerprint density at radius 1 is 0.699 bits per heavy atom. The number of nitrogens with one attached hydrogen (secondary N) is 7. The highest BCUT2D eigenvalue weighted by atomic mass is 19.4. The van der Waals surface area contributed by atoms with E-state index >= 15 is 0 Å². The molecule has 1 aliphatic heterocycles. The van der Waals surface area contributed by atoms with Crippen LogP contribution in [0.2, 0.25) is 0 Å². The zero-order valence-electron chi connectivity index (χ0n) is 49.6. The number of carboxylic acid groups (broad SMARTS) is 2. The van der Waals surface area contributed by atoms with E-state index in [4.69, 9.17) is 26.5 Å². The van der Waals surface area contributed by atoms with Gasteiger partial charge >= 0.3 is 18.1 Å². The fraction of sp³-hybridized carbons (Fsp3) is 0.750. The third kappa shape index (κ3) is 27.1. The maximum atomic E-state index is 14.4. The summed E-state index contributed by atoms with van der Waals surface area (Å²) < 4.78 is 31.7. The Kier molecular flexibility index (Phi) is 33.7. The number of likely N-dealkylation sites (N-methyl/N-ethyl adjacent to an activating group) is 2. The van der Waals surface area contributed by atoms with Crippen LogP contribution >= 0.6 is 0 Å². The van der Waals surface area contributed by atoms with Crippen LogP contribution < -0.4 is 48.7 Å². The van der Waals surface area contributed by atoms with Crippen LogP contribution in [-0.4, -0.2) is 208 Å². The van der Waals surface area contributed by atoms with E-state index in [-0.39, 0.29) is 56.7 Å². The highest BCUT2D eigenvalue weighted by molar-refractivity contribution is 5.98. The monoisotopic (exact) mass is 1190 g/mol. The number of amides is 10. The lowest BCUT2D eigenvalue weighted by molar-refractivity contribution is -0.192. The van der Waals surface area contributed by atoms with Crippen LogP contribution in [0.15, 0.2) is 4.99 Å². The molecule has 31 heteroatoms. The van der Waals surface area contributed by atoms with E-state index in [1.54, 1.807) is 41.5 Å². The second kappa shape index (κ2) is 37.0. The van der Waals surface area contributed by atoms with Crippen molar-refractivity contribution in [3.8, 4) is 0 Å². The lowest BCUT2D eigenvalue weighted by atomic mass is 9.95. The first kappa shape index (κ1) is 75.7. The zero-order chi connectivity index (χ0) is 64.2. The molecule has 0 aliphatic carbocycles. The molecule has 474 valence electrons. The number of aliphatic imine (C=N–C) groups is 1. The molecule has 14 N–H and O–H groups in total. The summed E-state index contributed by atoms with van der Waals surface area (Å²) in [6, 6.07) is -8.64.